The van der Waals surface area contributed by atoms with Crippen molar-refractivity contribution in [3.05, 3.63) is 0 Å². The molecule has 1 N–H and O–H groups in total. The summed E-state index contributed by atoms with van der Waals surface area (Å²) in [5.41, 5.74) is 0. The average Bonchev–Trinajstić information content (AvgIpc) is 2.20. The topological polar surface area (TPSA) is 30.5 Å². The first-order chi connectivity index (χ1) is 7.93. The lowest BCUT2D eigenvalue weighted by Crippen LogP contribution is -2.35. The van der Waals surface area contributed by atoms with Crippen molar-refractivity contribution < 1.29 is 9.47 Å². The standard InChI is InChI=1S/C14H31NO2/c1-11(2)9-15-10-14(12(3)4)17-8-7-16-13(5)6/h11-15H,7-10H2,1-6H3. The normalized spacial score (nSPS) is 13.9. The Morgan fingerprint density at radius 2 is 1.41 bits per heavy atom. The average molecular weight is 245 g/mol. The van der Waals surface area contributed by atoms with E-state index in [9.17, 15) is 0 Å². The van der Waals surface area contributed by atoms with Gasteiger partial charge >= 0.3 is 0 Å². The number of rotatable bonds is 10. The van der Waals surface area contributed by atoms with Gasteiger partial charge < -0.3 is 14.8 Å². The number of ether oxygens (including phenoxy) is 2. The van der Waals surface area contributed by atoms with Gasteiger partial charge in [-0.2, -0.15) is 0 Å². The van der Waals surface area contributed by atoms with E-state index in [1.807, 2.05) is 13.8 Å². The van der Waals surface area contributed by atoms with Crippen molar-refractivity contribution >= 4 is 0 Å². The van der Waals surface area contributed by atoms with E-state index in [1.54, 1.807) is 0 Å². The summed E-state index contributed by atoms with van der Waals surface area (Å²) < 4.78 is 11.3. The fourth-order valence-corrected chi connectivity index (χ4v) is 1.48. The third-order valence-electron chi connectivity index (χ3n) is 2.51. The summed E-state index contributed by atoms with van der Waals surface area (Å²) in [4.78, 5) is 0. The van der Waals surface area contributed by atoms with Gasteiger partial charge in [0.1, 0.15) is 0 Å². The van der Waals surface area contributed by atoms with Gasteiger partial charge in [-0.25, -0.2) is 0 Å². The molecule has 0 heterocycles. The predicted octanol–water partition coefficient (Wildman–Crippen LogP) is 2.70. The van der Waals surface area contributed by atoms with Crippen molar-refractivity contribution in [3.8, 4) is 0 Å². The first-order valence-electron chi connectivity index (χ1n) is 6.87. The monoisotopic (exact) mass is 245 g/mol. The van der Waals surface area contributed by atoms with Crippen molar-refractivity contribution in [1.82, 2.24) is 5.32 Å². The van der Waals surface area contributed by atoms with Crippen molar-refractivity contribution in [2.75, 3.05) is 26.3 Å². The van der Waals surface area contributed by atoms with Crippen LogP contribution < -0.4 is 5.32 Å². The van der Waals surface area contributed by atoms with Gasteiger partial charge in [0.2, 0.25) is 0 Å². The summed E-state index contributed by atoms with van der Waals surface area (Å²) in [7, 11) is 0. The molecule has 0 aromatic rings. The van der Waals surface area contributed by atoms with E-state index in [0.29, 0.717) is 25.0 Å². The third kappa shape index (κ3) is 10.7. The van der Waals surface area contributed by atoms with Crippen molar-refractivity contribution in [3.63, 3.8) is 0 Å². The molecule has 17 heavy (non-hydrogen) atoms. The summed E-state index contributed by atoms with van der Waals surface area (Å²) in [5, 5.41) is 3.45. The number of hydrogen-bond acceptors (Lipinski definition) is 3. The van der Waals surface area contributed by atoms with Crippen LogP contribution in [0.15, 0.2) is 0 Å². The zero-order valence-corrected chi connectivity index (χ0v) is 12.5. The molecular formula is C14H31NO2. The molecule has 0 aliphatic heterocycles. The third-order valence-corrected chi connectivity index (χ3v) is 2.51. The molecule has 0 bridgehead atoms. The molecule has 3 nitrogen and oxygen atoms in total. The van der Waals surface area contributed by atoms with Crippen LogP contribution in [0, 0.1) is 11.8 Å². The van der Waals surface area contributed by atoms with Gasteiger partial charge in [-0.15, -0.1) is 0 Å². The second kappa shape index (κ2) is 9.86. The van der Waals surface area contributed by atoms with E-state index in [2.05, 4.69) is 33.0 Å². The van der Waals surface area contributed by atoms with Gasteiger partial charge in [0, 0.05) is 6.54 Å². The highest BCUT2D eigenvalue weighted by molar-refractivity contribution is 4.66. The minimum absolute atomic E-state index is 0.282. The van der Waals surface area contributed by atoms with Crippen LogP contribution in [0.1, 0.15) is 41.5 Å². The van der Waals surface area contributed by atoms with Crippen LogP contribution in [0.25, 0.3) is 0 Å². The number of nitrogens with one attached hydrogen (secondary N) is 1. The minimum atomic E-state index is 0.282. The van der Waals surface area contributed by atoms with Crippen LogP contribution in [0.5, 0.6) is 0 Å². The predicted molar refractivity (Wildman–Crippen MR) is 73.4 cm³/mol. The zero-order chi connectivity index (χ0) is 13.3. The molecule has 0 fully saturated rings. The van der Waals surface area contributed by atoms with Gasteiger partial charge in [0.05, 0.1) is 25.4 Å². The summed E-state index contributed by atoms with van der Waals surface area (Å²) in [6.07, 6.45) is 0.569. The van der Waals surface area contributed by atoms with E-state index in [0.717, 1.165) is 13.1 Å². The van der Waals surface area contributed by atoms with Crippen molar-refractivity contribution in [1.29, 1.82) is 0 Å². The molecule has 0 amide bonds. The van der Waals surface area contributed by atoms with E-state index >= 15 is 0 Å². The lowest BCUT2D eigenvalue weighted by atomic mass is 10.1. The van der Waals surface area contributed by atoms with E-state index in [-0.39, 0.29) is 12.2 Å². The SMILES string of the molecule is CC(C)CNCC(OCCOC(C)C)C(C)C. The second-order valence-corrected chi connectivity index (χ2v) is 5.62. The molecule has 0 aliphatic carbocycles. The van der Waals surface area contributed by atoms with E-state index < -0.39 is 0 Å². The molecule has 0 radical (unpaired) electrons. The van der Waals surface area contributed by atoms with Gasteiger partial charge in [0.15, 0.2) is 0 Å². The van der Waals surface area contributed by atoms with Crippen LogP contribution in [0.3, 0.4) is 0 Å². The fourth-order valence-electron chi connectivity index (χ4n) is 1.48. The molecule has 3 heteroatoms. The molecule has 1 atom stereocenters. The van der Waals surface area contributed by atoms with Crippen LogP contribution in [-0.2, 0) is 9.47 Å². The first kappa shape index (κ1) is 16.9. The lowest BCUT2D eigenvalue weighted by molar-refractivity contribution is -0.0273. The van der Waals surface area contributed by atoms with Gasteiger partial charge in [0.25, 0.3) is 0 Å². The van der Waals surface area contributed by atoms with Crippen LogP contribution in [-0.4, -0.2) is 38.5 Å². The number of hydrogen-bond donors (Lipinski definition) is 1. The molecule has 0 spiro atoms. The Morgan fingerprint density at radius 3 is 1.88 bits per heavy atom. The highest BCUT2D eigenvalue weighted by atomic mass is 16.5. The van der Waals surface area contributed by atoms with Crippen molar-refractivity contribution in [2.24, 2.45) is 11.8 Å². The molecule has 0 aromatic heterocycles. The lowest BCUT2D eigenvalue weighted by Gasteiger charge is -2.23. The summed E-state index contributed by atoms with van der Waals surface area (Å²) in [6, 6.07) is 0. The fraction of sp³-hybridized carbons (Fsp3) is 1.00. The summed E-state index contributed by atoms with van der Waals surface area (Å²) in [5.74, 6) is 1.22. The van der Waals surface area contributed by atoms with Crippen molar-refractivity contribution in [2.45, 2.75) is 53.8 Å². The van der Waals surface area contributed by atoms with E-state index in [4.69, 9.17) is 9.47 Å². The Kier molecular flexibility index (Phi) is 9.79. The van der Waals surface area contributed by atoms with Crippen LogP contribution in [0.4, 0.5) is 0 Å². The Hall–Kier alpha value is -0.120. The maximum absolute atomic E-state index is 5.85. The summed E-state index contributed by atoms with van der Waals surface area (Å²) in [6.45, 7) is 16.3. The largest absolute Gasteiger partial charge is 0.376 e. The molecular weight excluding hydrogens is 214 g/mol. The Labute approximate surface area is 107 Å². The Morgan fingerprint density at radius 1 is 0.824 bits per heavy atom. The maximum atomic E-state index is 5.85. The highest BCUT2D eigenvalue weighted by Gasteiger charge is 2.13. The molecule has 0 aliphatic rings. The molecule has 1 unspecified atom stereocenters. The van der Waals surface area contributed by atoms with E-state index in [1.165, 1.54) is 0 Å². The minimum Gasteiger partial charge on any atom is -0.376 e. The molecule has 0 rings (SSSR count). The zero-order valence-electron chi connectivity index (χ0n) is 12.5. The molecule has 0 saturated carbocycles. The van der Waals surface area contributed by atoms with Gasteiger partial charge in [-0.05, 0) is 32.2 Å². The van der Waals surface area contributed by atoms with Crippen LogP contribution >= 0.6 is 0 Å². The smallest absolute Gasteiger partial charge is 0.0723 e. The first-order valence-corrected chi connectivity index (χ1v) is 6.87. The Balaban J connectivity index is 3.67. The highest BCUT2D eigenvalue weighted by Crippen LogP contribution is 2.06. The molecule has 0 saturated heterocycles. The Bertz CT molecular complexity index is 170. The van der Waals surface area contributed by atoms with Gasteiger partial charge in [-0.1, -0.05) is 27.7 Å². The summed E-state index contributed by atoms with van der Waals surface area (Å²) >= 11 is 0. The molecule has 104 valence electrons. The quantitative estimate of drug-likeness (QED) is 0.600. The van der Waals surface area contributed by atoms with Gasteiger partial charge in [-0.3, -0.25) is 0 Å². The molecule has 0 aromatic carbocycles. The van der Waals surface area contributed by atoms with Crippen LogP contribution in [0.2, 0.25) is 0 Å². The second-order valence-electron chi connectivity index (χ2n) is 5.62. The maximum Gasteiger partial charge on any atom is 0.0723 e.